The first-order chi connectivity index (χ1) is 12.8. The summed E-state index contributed by atoms with van der Waals surface area (Å²) in [6.07, 6.45) is -0.632. The normalized spacial score (nSPS) is 13.3. The Labute approximate surface area is 154 Å². The minimum atomic E-state index is -0.632. The molecular weight excluding hydrogens is 324 g/mol. The van der Waals surface area contributed by atoms with E-state index in [0.29, 0.717) is 13.2 Å². The topological polar surface area (TPSA) is 38.7 Å². The van der Waals surface area contributed by atoms with Gasteiger partial charge in [0, 0.05) is 5.92 Å². The van der Waals surface area contributed by atoms with Gasteiger partial charge in [-0.05, 0) is 16.7 Å². The summed E-state index contributed by atoms with van der Waals surface area (Å²) in [7, 11) is 0. The van der Waals surface area contributed by atoms with Crippen LogP contribution in [0, 0.1) is 0 Å². The first kappa shape index (κ1) is 18.3. The summed E-state index contributed by atoms with van der Waals surface area (Å²) >= 11 is 0. The van der Waals surface area contributed by atoms with Gasteiger partial charge in [-0.1, -0.05) is 91.0 Å². The molecule has 0 amide bonds. The van der Waals surface area contributed by atoms with Crippen molar-refractivity contribution in [3.05, 3.63) is 108 Å². The van der Waals surface area contributed by atoms with Crippen LogP contribution in [0.4, 0.5) is 0 Å². The van der Waals surface area contributed by atoms with Crippen molar-refractivity contribution in [1.82, 2.24) is 0 Å². The summed E-state index contributed by atoms with van der Waals surface area (Å²) in [5, 5.41) is 10.8. The number of ether oxygens (including phenoxy) is 2. The SMILES string of the molecule is O[C@@H](c1ccccc1)[C@H](COCOCc1ccccc1)c1ccccc1. The van der Waals surface area contributed by atoms with Gasteiger partial charge in [0.05, 0.1) is 19.3 Å². The highest BCUT2D eigenvalue weighted by molar-refractivity contribution is 5.26. The van der Waals surface area contributed by atoms with Gasteiger partial charge in [-0.15, -0.1) is 0 Å². The molecule has 3 nitrogen and oxygen atoms in total. The first-order valence-electron chi connectivity index (χ1n) is 8.82. The molecule has 0 saturated heterocycles. The molecule has 0 heterocycles. The lowest BCUT2D eigenvalue weighted by atomic mass is 9.90. The van der Waals surface area contributed by atoms with E-state index in [4.69, 9.17) is 9.47 Å². The molecule has 0 aromatic heterocycles. The second-order valence-electron chi connectivity index (χ2n) is 6.20. The monoisotopic (exact) mass is 348 g/mol. The van der Waals surface area contributed by atoms with Crippen molar-refractivity contribution < 1.29 is 14.6 Å². The fourth-order valence-corrected chi connectivity index (χ4v) is 2.92. The third-order valence-electron chi connectivity index (χ3n) is 4.33. The van der Waals surface area contributed by atoms with Crippen molar-refractivity contribution in [3.63, 3.8) is 0 Å². The summed E-state index contributed by atoms with van der Waals surface area (Å²) in [4.78, 5) is 0. The highest BCUT2D eigenvalue weighted by Crippen LogP contribution is 2.31. The summed E-state index contributed by atoms with van der Waals surface area (Å²) < 4.78 is 11.3. The maximum atomic E-state index is 10.8. The molecule has 0 aliphatic carbocycles. The van der Waals surface area contributed by atoms with Crippen LogP contribution >= 0.6 is 0 Å². The standard InChI is InChI=1S/C23H24O3/c24-23(21-14-8-3-9-15-21)22(20-12-6-2-7-13-20)17-26-18-25-16-19-10-4-1-5-11-19/h1-15,22-24H,16-18H2/t22-,23+/m1/s1. The lowest BCUT2D eigenvalue weighted by Gasteiger charge is -2.24. The Morgan fingerprint density at radius 2 is 1.19 bits per heavy atom. The quantitative estimate of drug-likeness (QED) is 0.450. The Kier molecular flexibility index (Phi) is 6.96. The third-order valence-corrected chi connectivity index (χ3v) is 4.33. The molecule has 0 saturated carbocycles. The molecule has 0 aliphatic rings. The zero-order valence-corrected chi connectivity index (χ0v) is 14.7. The van der Waals surface area contributed by atoms with Gasteiger partial charge in [-0.3, -0.25) is 0 Å². The molecule has 2 atom stereocenters. The maximum absolute atomic E-state index is 10.8. The number of hydrogen-bond donors (Lipinski definition) is 1. The van der Waals surface area contributed by atoms with Crippen molar-refractivity contribution in [3.8, 4) is 0 Å². The van der Waals surface area contributed by atoms with Crippen LogP contribution in [-0.2, 0) is 16.1 Å². The Balaban J connectivity index is 1.58. The van der Waals surface area contributed by atoms with Crippen LogP contribution in [-0.4, -0.2) is 18.5 Å². The molecule has 3 rings (SSSR count). The van der Waals surface area contributed by atoms with Gasteiger partial charge in [-0.25, -0.2) is 0 Å². The van der Waals surface area contributed by atoms with E-state index in [-0.39, 0.29) is 12.7 Å². The van der Waals surface area contributed by atoms with Crippen molar-refractivity contribution in [2.75, 3.05) is 13.4 Å². The molecular formula is C23H24O3. The van der Waals surface area contributed by atoms with Gasteiger partial charge in [0.1, 0.15) is 6.79 Å². The van der Waals surface area contributed by atoms with Crippen LogP contribution in [0.3, 0.4) is 0 Å². The molecule has 1 N–H and O–H groups in total. The first-order valence-corrected chi connectivity index (χ1v) is 8.82. The van der Waals surface area contributed by atoms with E-state index in [1.54, 1.807) is 0 Å². The molecule has 0 spiro atoms. The number of aliphatic hydroxyl groups is 1. The minimum absolute atomic E-state index is 0.154. The van der Waals surface area contributed by atoms with E-state index < -0.39 is 6.10 Å². The molecule has 26 heavy (non-hydrogen) atoms. The molecule has 134 valence electrons. The van der Waals surface area contributed by atoms with Gasteiger partial charge < -0.3 is 14.6 Å². The molecule has 0 radical (unpaired) electrons. The number of hydrogen-bond acceptors (Lipinski definition) is 3. The lowest BCUT2D eigenvalue weighted by molar-refractivity contribution is -0.0740. The van der Waals surface area contributed by atoms with Crippen LogP contribution in [0.25, 0.3) is 0 Å². The van der Waals surface area contributed by atoms with E-state index in [1.807, 2.05) is 91.0 Å². The Hall–Kier alpha value is -2.46. The Bertz CT molecular complexity index is 744. The minimum Gasteiger partial charge on any atom is -0.388 e. The fourth-order valence-electron chi connectivity index (χ4n) is 2.92. The zero-order chi connectivity index (χ0) is 18.0. The largest absolute Gasteiger partial charge is 0.388 e. The summed E-state index contributed by atoms with van der Waals surface area (Å²) in [5.41, 5.74) is 3.04. The van der Waals surface area contributed by atoms with Crippen LogP contribution in [0.1, 0.15) is 28.7 Å². The highest BCUT2D eigenvalue weighted by Gasteiger charge is 2.22. The Morgan fingerprint density at radius 1 is 0.654 bits per heavy atom. The summed E-state index contributed by atoms with van der Waals surface area (Å²) in [6.45, 7) is 1.09. The summed E-state index contributed by atoms with van der Waals surface area (Å²) in [6, 6.07) is 29.7. The van der Waals surface area contributed by atoms with E-state index in [9.17, 15) is 5.11 Å². The third kappa shape index (κ3) is 5.27. The van der Waals surface area contributed by atoms with E-state index >= 15 is 0 Å². The highest BCUT2D eigenvalue weighted by atomic mass is 16.7. The number of aliphatic hydroxyl groups excluding tert-OH is 1. The average molecular weight is 348 g/mol. The van der Waals surface area contributed by atoms with Crippen LogP contribution in [0.15, 0.2) is 91.0 Å². The predicted octanol–water partition coefficient (Wildman–Crippen LogP) is 4.69. The van der Waals surface area contributed by atoms with Crippen molar-refractivity contribution in [2.45, 2.75) is 18.6 Å². The maximum Gasteiger partial charge on any atom is 0.147 e. The van der Waals surface area contributed by atoms with E-state index in [2.05, 4.69) is 0 Å². The van der Waals surface area contributed by atoms with E-state index in [0.717, 1.165) is 16.7 Å². The summed E-state index contributed by atoms with van der Waals surface area (Å²) in [5.74, 6) is -0.154. The van der Waals surface area contributed by atoms with Gasteiger partial charge in [0.15, 0.2) is 0 Å². The van der Waals surface area contributed by atoms with Gasteiger partial charge in [0.25, 0.3) is 0 Å². The molecule has 0 bridgehead atoms. The fraction of sp³-hybridized carbons (Fsp3) is 0.217. The number of rotatable bonds is 9. The molecule has 3 aromatic carbocycles. The number of benzene rings is 3. The van der Waals surface area contributed by atoms with E-state index in [1.165, 1.54) is 0 Å². The predicted molar refractivity (Wildman–Crippen MR) is 103 cm³/mol. The molecule has 3 heteroatoms. The zero-order valence-electron chi connectivity index (χ0n) is 14.7. The second-order valence-corrected chi connectivity index (χ2v) is 6.20. The van der Waals surface area contributed by atoms with Crippen molar-refractivity contribution in [1.29, 1.82) is 0 Å². The molecule has 0 fully saturated rings. The molecule has 0 aliphatic heterocycles. The van der Waals surface area contributed by atoms with Crippen LogP contribution < -0.4 is 0 Å². The second kappa shape index (κ2) is 9.88. The van der Waals surface area contributed by atoms with Gasteiger partial charge >= 0.3 is 0 Å². The Morgan fingerprint density at radius 3 is 1.81 bits per heavy atom. The lowest BCUT2D eigenvalue weighted by Crippen LogP contribution is -2.18. The van der Waals surface area contributed by atoms with Gasteiger partial charge in [-0.2, -0.15) is 0 Å². The smallest absolute Gasteiger partial charge is 0.147 e. The van der Waals surface area contributed by atoms with Crippen LogP contribution in [0.2, 0.25) is 0 Å². The molecule has 0 unspecified atom stereocenters. The van der Waals surface area contributed by atoms with Crippen molar-refractivity contribution in [2.24, 2.45) is 0 Å². The van der Waals surface area contributed by atoms with Gasteiger partial charge in [0.2, 0.25) is 0 Å². The van der Waals surface area contributed by atoms with Crippen molar-refractivity contribution >= 4 is 0 Å². The van der Waals surface area contributed by atoms with Crippen LogP contribution in [0.5, 0.6) is 0 Å². The molecule has 3 aromatic rings. The average Bonchev–Trinajstić information content (AvgIpc) is 2.72.